The molecule has 1 aliphatic heterocycles. The summed E-state index contributed by atoms with van der Waals surface area (Å²) in [4.78, 5) is 15.4. The molecule has 184 valence electrons. The Morgan fingerprint density at radius 3 is 2.17 bits per heavy atom. The minimum atomic E-state index is -3.84. The molecular formula is C27H28F2N2O3S. The van der Waals surface area contributed by atoms with E-state index in [2.05, 4.69) is 0 Å². The van der Waals surface area contributed by atoms with Crippen LogP contribution in [0, 0.1) is 17.6 Å². The first-order valence-corrected chi connectivity index (χ1v) is 13.1. The summed E-state index contributed by atoms with van der Waals surface area (Å²) in [7, 11) is -3.84. The number of piperidine rings is 1. The van der Waals surface area contributed by atoms with E-state index >= 15 is 0 Å². The first kappa shape index (κ1) is 25.0. The molecule has 1 atom stereocenters. The summed E-state index contributed by atoms with van der Waals surface area (Å²) in [6.07, 6.45) is 1.79. The Balaban J connectivity index is 1.51. The fraction of sp³-hybridized carbons (Fsp3) is 0.296. The molecule has 8 heteroatoms. The van der Waals surface area contributed by atoms with Crippen LogP contribution < -0.4 is 0 Å². The zero-order valence-electron chi connectivity index (χ0n) is 19.3. The molecule has 4 rings (SSSR count). The zero-order valence-corrected chi connectivity index (χ0v) is 20.1. The number of rotatable bonds is 8. The SMILES string of the molecule is O=C(C1CCCN(S(=O)(=O)c2ccc(F)cc2)C1)N(CCc1ccccc1)Cc1ccc(F)cc1. The van der Waals surface area contributed by atoms with E-state index in [1.807, 2.05) is 30.3 Å². The summed E-state index contributed by atoms with van der Waals surface area (Å²) in [6, 6.07) is 20.6. The third kappa shape index (κ3) is 6.32. The van der Waals surface area contributed by atoms with E-state index in [0.717, 1.165) is 23.3 Å². The maximum atomic E-state index is 13.6. The van der Waals surface area contributed by atoms with Crippen molar-refractivity contribution in [3.05, 3.63) is 102 Å². The average molecular weight is 499 g/mol. The fourth-order valence-corrected chi connectivity index (χ4v) is 5.89. The van der Waals surface area contributed by atoms with Crippen LogP contribution in [-0.2, 0) is 27.8 Å². The Hall–Kier alpha value is -3.10. The van der Waals surface area contributed by atoms with Gasteiger partial charge >= 0.3 is 0 Å². The summed E-state index contributed by atoms with van der Waals surface area (Å²) < 4.78 is 54.2. The molecule has 1 saturated heterocycles. The number of sulfonamides is 1. The molecule has 3 aromatic rings. The minimum Gasteiger partial charge on any atom is -0.338 e. The van der Waals surface area contributed by atoms with Crippen molar-refractivity contribution in [1.29, 1.82) is 0 Å². The lowest BCUT2D eigenvalue weighted by molar-refractivity contribution is -0.137. The molecule has 1 unspecified atom stereocenters. The molecular weight excluding hydrogens is 470 g/mol. The largest absolute Gasteiger partial charge is 0.338 e. The van der Waals surface area contributed by atoms with Gasteiger partial charge in [0.25, 0.3) is 0 Å². The van der Waals surface area contributed by atoms with Crippen molar-refractivity contribution in [3.8, 4) is 0 Å². The van der Waals surface area contributed by atoms with E-state index in [4.69, 9.17) is 0 Å². The van der Waals surface area contributed by atoms with Gasteiger partial charge in [-0.2, -0.15) is 4.31 Å². The monoisotopic (exact) mass is 498 g/mol. The predicted molar refractivity (Wildman–Crippen MR) is 130 cm³/mol. The van der Waals surface area contributed by atoms with E-state index in [1.54, 1.807) is 17.0 Å². The van der Waals surface area contributed by atoms with Crippen molar-refractivity contribution < 1.29 is 22.0 Å². The maximum Gasteiger partial charge on any atom is 0.243 e. The van der Waals surface area contributed by atoms with Crippen molar-refractivity contribution in [1.82, 2.24) is 9.21 Å². The number of carbonyl (C=O) groups is 1. The third-order valence-electron chi connectivity index (χ3n) is 6.30. The molecule has 0 saturated carbocycles. The number of amides is 1. The molecule has 0 N–H and O–H groups in total. The second-order valence-corrected chi connectivity index (χ2v) is 10.7. The van der Waals surface area contributed by atoms with Crippen LogP contribution in [-0.4, -0.2) is 43.2 Å². The standard InChI is InChI=1S/C27H28F2N2O3S/c28-24-10-8-22(9-11-24)19-30(18-16-21-5-2-1-3-6-21)27(32)23-7-4-17-31(20-23)35(33,34)26-14-12-25(29)13-15-26/h1-3,5-6,8-15,23H,4,7,16-20H2. The molecule has 1 fully saturated rings. The van der Waals surface area contributed by atoms with Crippen LogP contribution in [0.5, 0.6) is 0 Å². The molecule has 0 aliphatic carbocycles. The minimum absolute atomic E-state index is 0.0132. The van der Waals surface area contributed by atoms with Crippen LogP contribution in [0.2, 0.25) is 0 Å². The Morgan fingerprint density at radius 1 is 0.886 bits per heavy atom. The second kappa shape index (κ2) is 11.1. The van der Waals surface area contributed by atoms with Crippen molar-refractivity contribution in [2.45, 2.75) is 30.7 Å². The van der Waals surface area contributed by atoms with Gasteiger partial charge in [0.15, 0.2) is 0 Å². The molecule has 3 aromatic carbocycles. The summed E-state index contributed by atoms with van der Waals surface area (Å²) in [5, 5.41) is 0. The zero-order chi connectivity index (χ0) is 24.8. The van der Waals surface area contributed by atoms with Crippen LogP contribution in [0.15, 0.2) is 83.8 Å². The summed E-state index contributed by atoms with van der Waals surface area (Å²) in [5.41, 5.74) is 1.90. The van der Waals surface area contributed by atoms with E-state index in [9.17, 15) is 22.0 Å². The van der Waals surface area contributed by atoms with E-state index in [-0.39, 0.29) is 23.2 Å². The van der Waals surface area contributed by atoms with Gasteiger partial charge in [-0.25, -0.2) is 17.2 Å². The lowest BCUT2D eigenvalue weighted by Crippen LogP contribution is -2.47. The summed E-state index contributed by atoms with van der Waals surface area (Å²) >= 11 is 0. The second-order valence-electron chi connectivity index (χ2n) is 8.78. The van der Waals surface area contributed by atoms with Gasteiger partial charge in [0.05, 0.1) is 10.8 Å². The van der Waals surface area contributed by atoms with Gasteiger partial charge in [0.1, 0.15) is 11.6 Å². The van der Waals surface area contributed by atoms with E-state index in [0.29, 0.717) is 38.9 Å². The Morgan fingerprint density at radius 2 is 1.51 bits per heavy atom. The van der Waals surface area contributed by atoms with Gasteiger partial charge in [-0.1, -0.05) is 42.5 Å². The molecule has 0 bridgehead atoms. The van der Waals surface area contributed by atoms with Crippen molar-refractivity contribution in [2.75, 3.05) is 19.6 Å². The van der Waals surface area contributed by atoms with Crippen molar-refractivity contribution in [2.24, 2.45) is 5.92 Å². The molecule has 35 heavy (non-hydrogen) atoms. The summed E-state index contributed by atoms with van der Waals surface area (Å²) in [6.45, 7) is 1.16. The number of nitrogens with zero attached hydrogens (tertiary/aromatic N) is 2. The highest BCUT2D eigenvalue weighted by Gasteiger charge is 2.35. The number of hydrogen-bond acceptors (Lipinski definition) is 3. The molecule has 1 heterocycles. The van der Waals surface area contributed by atoms with E-state index in [1.165, 1.54) is 28.6 Å². The lowest BCUT2D eigenvalue weighted by Gasteiger charge is -2.34. The van der Waals surface area contributed by atoms with Crippen LogP contribution in [0.4, 0.5) is 8.78 Å². The van der Waals surface area contributed by atoms with Crippen LogP contribution in [0.25, 0.3) is 0 Å². The van der Waals surface area contributed by atoms with Gasteiger partial charge in [-0.15, -0.1) is 0 Å². The predicted octanol–water partition coefficient (Wildman–Crippen LogP) is 4.64. The highest BCUT2D eigenvalue weighted by molar-refractivity contribution is 7.89. The van der Waals surface area contributed by atoms with Gasteiger partial charge in [0.2, 0.25) is 15.9 Å². The van der Waals surface area contributed by atoms with Crippen LogP contribution in [0.1, 0.15) is 24.0 Å². The molecule has 0 spiro atoms. The van der Waals surface area contributed by atoms with Crippen molar-refractivity contribution in [3.63, 3.8) is 0 Å². The number of halogens is 2. The van der Waals surface area contributed by atoms with Crippen LogP contribution >= 0.6 is 0 Å². The quantitative estimate of drug-likeness (QED) is 0.455. The lowest BCUT2D eigenvalue weighted by atomic mass is 9.97. The smallest absolute Gasteiger partial charge is 0.243 e. The Bertz CT molecular complexity index is 1230. The van der Waals surface area contributed by atoms with Crippen molar-refractivity contribution >= 4 is 15.9 Å². The fourth-order valence-electron chi connectivity index (χ4n) is 4.36. The number of benzene rings is 3. The molecule has 5 nitrogen and oxygen atoms in total. The molecule has 1 aliphatic rings. The average Bonchev–Trinajstić information content (AvgIpc) is 2.88. The maximum absolute atomic E-state index is 13.6. The molecule has 0 radical (unpaired) electrons. The highest BCUT2D eigenvalue weighted by Crippen LogP contribution is 2.26. The number of carbonyl (C=O) groups excluding carboxylic acids is 1. The third-order valence-corrected chi connectivity index (χ3v) is 8.18. The highest BCUT2D eigenvalue weighted by atomic mass is 32.2. The van der Waals surface area contributed by atoms with Gasteiger partial charge in [-0.05, 0) is 66.8 Å². The van der Waals surface area contributed by atoms with E-state index < -0.39 is 21.8 Å². The normalized spacial score (nSPS) is 16.7. The van der Waals surface area contributed by atoms with Crippen LogP contribution in [0.3, 0.4) is 0 Å². The topological polar surface area (TPSA) is 57.7 Å². The van der Waals surface area contributed by atoms with Gasteiger partial charge < -0.3 is 4.90 Å². The first-order chi connectivity index (χ1) is 16.8. The van der Waals surface area contributed by atoms with Gasteiger partial charge in [-0.3, -0.25) is 4.79 Å². The van der Waals surface area contributed by atoms with Gasteiger partial charge in [0, 0.05) is 26.2 Å². The molecule has 0 aromatic heterocycles. The Labute approximate surface area is 205 Å². The summed E-state index contributed by atoms with van der Waals surface area (Å²) in [5.74, 6) is -1.46. The molecule has 1 amide bonds. The first-order valence-electron chi connectivity index (χ1n) is 11.7. The number of hydrogen-bond donors (Lipinski definition) is 0. The Kier molecular flexibility index (Phi) is 7.93.